The molecule has 1 amide bonds. The fourth-order valence-electron chi connectivity index (χ4n) is 2.46. The molecule has 6 nitrogen and oxygen atoms in total. The normalized spacial score (nSPS) is 10.6. The van der Waals surface area contributed by atoms with Gasteiger partial charge in [0.05, 0.1) is 12.6 Å². The number of methoxy groups -OCH3 is 1. The Morgan fingerprint density at radius 3 is 2.78 bits per heavy atom. The molecule has 2 aromatic rings. The molecule has 0 bridgehead atoms. The minimum absolute atomic E-state index is 0. The number of hydrogen-bond donors (Lipinski definition) is 0. The maximum absolute atomic E-state index is 12.2. The number of amides is 1. The van der Waals surface area contributed by atoms with Crippen LogP contribution >= 0.6 is 0 Å². The number of aryl methyl sites for hydroxylation is 2. The van der Waals surface area contributed by atoms with E-state index in [-0.39, 0.29) is 76.2 Å². The molecular formula is C16H24CsN3O3. The second-order valence-corrected chi connectivity index (χ2v) is 5.12. The van der Waals surface area contributed by atoms with Gasteiger partial charge in [-0.3, -0.25) is 14.6 Å². The van der Waals surface area contributed by atoms with Gasteiger partial charge in [-0.25, -0.2) is 5.06 Å². The molecule has 0 unspecified atom stereocenters. The Hall–Kier alpha value is 0.132. The number of fused-ring (bicyclic) bond motifs is 1. The van der Waals surface area contributed by atoms with E-state index in [4.69, 9.17) is 9.57 Å². The number of hydrogen-bond acceptors (Lipinski definition) is 4. The second-order valence-electron chi connectivity index (χ2n) is 5.12. The first-order valence-electron chi connectivity index (χ1n) is 7.41. The number of carbonyl (C=O) groups excluding carboxylic acids is 1. The fraction of sp³-hybridized carbons (Fsp3) is 0.500. The molecule has 2 aromatic heterocycles. The van der Waals surface area contributed by atoms with Crippen LogP contribution in [0.4, 0.5) is 0 Å². The molecule has 0 fully saturated rings. The zero-order chi connectivity index (χ0) is 16.1. The molecule has 0 saturated heterocycles. The van der Waals surface area contributed by atoms with Crippen LogP contribution in [0.1, 0.15) is 30.8 Å². The Morgan fingerprint density at radius 1 is 1.43 bits per heavy atom. The van der Waals surface area contributed by atoms with Crippen molar-refractivity contribution in [2.24, 2.45) is 0 Å². The van der Waals surface area contributed by atoms with Crippen LogP contribution in [-0.4, -0.2) is 48.4 Å². The summed E-state index contributed by atoms with van der Waals surface area (Å²) in [4.78, 5) is 21.4. The van der Waals surface area contributed by atoms with Crippen molar-refractivity contribution < 1.29 is 84.7 Å². The molecule has 23 heavy (non-hydrogen) atoms. The van der Waals surface area contributed by atoms with Crippen LogP contribution in [0.2, 0.25) is 0 Å². The summed E-state index contributed by atoms with van der Waals surface area (Å²) in [6, 6.07) is 1.83. The molecule has 0 atom stereocenters. The van der Waals surface area contributed by atoms with Crippen LogP contribution in [-0.2, 0) is 22.5 Å². The van der Waals surface area contributed by atoms with Gasteiger partial charge in [-0.05, 0) is 24.5 Å². The number of ether oxygens (including phenoxy) is 1. The van der Waals surface area contributed by atoms with E-state index < -0.39 is 0 Å². The van der Waals surface area contributed by atoms with Crippen molar-refractivity contribution in [3.8, 4) is 0 Å². The predicted octanol–water partition coefficient (Wildman–Crippen LogP) is -0.615. The van der Waals surface area contributed by atoms with Gasteiger partial charge in [0.2, 0.25) is 0 Å². The first-order chi connectivity index (χ1) is 10.6. The van der Waals surface area contributed by atoms with E-state index in [1.165, 1.54) is 17.7 Å². The van der Waals surface area contributed by atoms with Crippen molar-refractivity contribution in [2.45, 2.75) is 26.3 Å². The summed E-state index contributed by atoms with van der Waals surface area (Å²) in [6.07, 6.45) is 5.77. The van der Waals surface area contributed by atoms with E-state index >= 15 is 0 Å². The molecule has 0 aliphatic heterocycles. The Labute approximate surface area is 197 Å². The molecule has 0 aliphatic rings. The standard InChI is InChI=1S/C16H23N3O3.Cs.H/c1-5-12-11-19(7-6-8-21-3)15-9-14(17-10-13(12)15)16(20)18(2)22-4;;/h9-11H,5-8H2,1-4H3;;/q;+1;-1. The fourth-order valence-corrected chi connectivity index (χ4v) is 2.46. The van der Waals surface area contributed by atoms with Gasteiger partial charge < -0.3 is 10.7 Å². The minimum Gasteiger partial charge on any atom is -1.00 e. The molecule has 2 rings (SSSR count). The molecule has 0 spiro atoms. The Balaban J connectivity index is 0.00000264. The maximum atomic E-state index is 12.2. The van der Waals surface area contributed by atoms with Gasteiger partial charge in [0.25, 0.3) is 5.91 Å². The third kappa shape index (κ3) is 5.05. The number of aromatic nitrogens is 2. The van der Waals surface area contributed by atoms with Gasteiger partial charge in [0, 0.05) is 45.1 Å². The van der Waals surface area contributed by atoms with Crippen LogP contribution in [0, 0.1) is 0 Å². The van der Waals surface area contributed by atoms with Gasteiger partial charge in [0.1, 0.15) is 5.69 Å². The summed E-state index contributed by atoms with van der Waals surface area (Å²) >= 11 is 0. The van der Waals surface area contributed by atoms with E-state index in [1.807, 2.05) is 6.07 Å². The smallest absolute Gasteiger partial charge is 1.00 e. The zero-order valence-corrected chi connectivity index (χ0v) is 20.9. The number of carbonyl (C=O) groups is 1. The summed E-state index contributed by atoms with van der Waals surface area (Å²) < 4.78 is 7.28. The summed E-state index contributed by atoms with van der Waals surface area (Å²) in [5.74, 6) is -0.257. The van der Waals surface area contributed by atoms with Gasteiger partial charge in [0.15, 0.2) is 0 Å². The maximum Gasteiger partial charge on any atom is 1.00 e. The minimum atomic E-state index is -0.257. The van der Waals surface area contributed by atoms with Crippen molar-refractivity contribution in [1.29, 1.82) is 0 Å². The van der Waals surface area contributed by atoms with Gasteiger partial charge in [-0.2, -0.15) is 0 Å². The van der Waals surface area contributed by atoms with E-state index in [9.17, 15) is 4.79 Å². The van der Waals surface area contributed by atoms with E-state index in [0.717, 1.165) is 30.3 Å². The van der Waals surface area contributed by atoms with Crippen LogP contribution < -0.4 is 68.9 Å². The summed E-state index contributed by atoms with van der Waals surface area (Å²) in [7, 11) is 4.73. The van der Waals surface area contributed by atoms with Gasteiger partial charge >= 0.3 is 68.9 Å². The SMILES string of the molecule is CCc1cn(CCCOC)c2cc(C(=O)N(C)OC)ncc12.[Cs+].[H-]. The topological polar surface area (TPSA) is 56.6 Å². The third-order valence-electron chi connectivity index (χ3n) is 3.76. The van der Waals surface area contributed by atoms with E-state index in [2.05, 4.69) is 22.7 Å². The van der Waals surface area contributed by atoms with E-state index in [0.29, 0.717) is 12.3 Å². The van der Waals surface area contributed by atoms with Crippen molar-refractivity contribution in [2.75, 3.05) is 27.9 Å². The Kier molecular flexibility index (Phi) is 9.39. The molecule has 0 saturated carbocycles. The largest absolute Gasteiger partial charge is 1.00 e. The van der Waals surface area contributed by atoms with Gasteiger partial charge in [-0.1, -0.05) is 6.92 Å². The molecular weight excluding hydrogens is 415 g/mol. The predicted molar refractivity (Wildman–Crippen MR) is 85.8 cm³/mol. The molecule has 0 radical (unpaired) electrons. The van der Waals surface area contributed by atoms with Crippen molar-refractivity contribution in [3.05, 3.63) is 29.7 Å². The van der Waals surface area contributed by atoms with Crippen LogP contribution in [0.25, 0.3) is 10.9 Å². The number of hydroxylamine groups is 2. The second kappa shape index (κ2) is 10.2. The number of nitrogens with zero attached hydrogens (tertiary/aromatic N) is 3. The summed E-state index contributed by atoms with van der Waals surface area (Å²) in [6.45, 7) is 3.68. The zero-order valence-electron chi connectivity index (χ0n) is 15.6. The van der Waals surface area contributed by atoms with Crippen LogP contribution in [0.15, 0.2) is 18.5 Å². The number of pyridine rings is 1. The van der Waals surface area contributed by atoms with Crippen molar-refractivity contribution in [1.82, 2.24) is 14.6 Å². The van der Waals surface area contributed by atoms with E-state index in [1.54, 1.807) is 20.4 Å². The monoisotopic (exact) mass is 439 g/mol. The molecule has 0 aliphatic carbocycles. The molecule has 122 valence electrons. The molecule has 0 aromatic carbocycles. The average molecular weight is 439 g/mol. The first kappa shape index (κ1) is 21.2. The average Bonchev–Trinajstić information content (AvgIpc) is 2.91. The molecule has 0 N–H and O–H groups in total. The third-order valence-corrected chi connectivity index (χ3v) is 3.76. The summed E-state index contributed by atoms with van der Waals surface area (Å²) in [5, 5.41) is 2.27. The Bertz CT molecular complexity index is 663. The van der Waals surface area contributed by atoms with Crippen molar-refractivity contribution in [3.63, 3.8) is 0 Å². The van der Waals surface area contributed by atoms with Crippen LogP contribution in [0.3, 0.4) is 0 Å². The molecule has 7 heteroatoms. The molecule has 2 heterocycles. The first-order valence-corrected chi connectivity index (χ1v) is 7.41. The van der Waals surface area contributed by atoms with Gasteiger partial charge in [-0.15, -0.1) is 0 Å². The Morgan fingerprint density at radius 2 is 2.17 bits per heavy atom. The van der Waals surface area contributed by atoms with Crippen molar-refractivity contribution >= 4 is 16.8 Å². The van der Waals surface area contributed by atoms with Crippen LogP contribution in [0.5, 0.6) is 0 Å². The number of rotatable bonds is 7. The summed E-state index contributed by atoms with van der Waals surface area (Å²) in [5.41, 5.74) is 2.64. The quantitative estimate of drug-likeness (QED) is 0.427.